The van der Waals surface area contributed by atoms with Gasteiger partial charge in [0.25, 0.3) is 5.91 Å². The molecule has 0 aliphatic heterocycles. The van der Waals surface area contributed by atoms with Crippen molar-refractivity contribution in [3.63, 3.8) is 0 Å². The van der Waals surface area contributed by atoms with Gasteiger partial charge < -0.3 is 4.55 Å². The van der Waals surface area contributed by atoms with E-state index in [0.29, 0.717) is 5.02 Å². The quantitative estimate of drug-likeness (QED) is 0.757. The van der Waals surface area contributed by atoms with Crippen LogP contribution in [0.3, 0.4) is 0 Å². The third-order valence-corrected chi connectivity index (χ3v) is 2.01. The van der Waals surface area contributed by atoms with E-state index in [0.717, 1.165) is 0 Å². The molecule has 5 nitrogen and oxygen atoms in total. The fraction of sp³-hybridized carbons (Fsp3) is 0. The van der Waals surface area contributed by atoms with Crippen LogP contribution in [0.5, 0.6) is 0 Å². The van der Waals surface area contributed by atoms with E-state index in [1.165, 1.54) is 29.0 Å². The van der Waals surface area contributed by atoms with E-state index in [2.05, 4.69) is 0 Å². The smallest absolute Gasteiger partial charge is 0.263 e. The van der Waals surface area contributed by atoms with Gasteiger partial charge in [-0.1, -0.05) is 11.6 Å². The molecular weight excluding hydrogens is 230 g/mol. The minimum Gasteiger partial charge on any atom is -0.731 e. The molecule has 14 heavy (non-hydrogen) atoms. The molecule has 0 bridgehead atoms. The van der Waals surface area contributed by atoms with E-state index in [4.69, 9.17) is 11.6 Å². The van der Waals surface area contributed by atoms with Crippen LogP contribution in [0.15, 0.2) is 24.3 Å². The SMILES string of the molecule is O=C(NS(=O)(=O)[O-])c1ccc(Cl)cc1. The van der Waals surface area contributed by atoms with Crippen LogP contribution in [-0.4, -0.2) is 18.9 Å². The minimum absolute atomic E-state index is 0.0498. The Morgan fingerprint density at radius 1 is 1.29 bits per heavy atom. The number of rotatable bonds is 2. The molecule has 1 aromatic rings. The molecule has 1 aromatic carbocycles. The Morgan fingerprint density at radius 3 is 2.21 bits per heavy atom. The zero-order valence-electron chi connectivity index (χ0n) is 6.73. The summed E-state index contributed by atoms with van der Waals surface area (Å²) in [7, 11) is -4.76. The average Bonchev–Trinajstić information content (AvgIpc) is 2.02. The van der Waals surface area contributed by atoms with Gasteiger partial charge in [0, 0.05) is 10.6 Å². The second-order valence-corrected chi connectivity index (χ2v) is 3.94. The first-order valence-electron chi connectivity index (χ1n) is 3.42. The number of carbonyl (C=O) groups is 1. The predicted octanol–water partition coefficient (Wildman–Crippen LogP) is 0.530. The van der Waals surface area contributed by atoms with Crippen LogP contribution in [0.4, 0.5) is 0 Å². The van der Waals surface area contributed by atoms with Crippen molar-refractivity contribution in [2.45, 2.75) is 0 Å². The van der Waals surface area contributed by atoms with Crippen molar-refractivity contribution in [2.75, 3.05) is 0 Å². The average molecular weight is 235 g/mol. The van der Waals surface area contributed by atoms with E-state index in [1.807, 2.05) is 0 Å². The number of benzene rings is 1. The molecule has 0 fully saturated rings. The number of nitrogens with one attached hydrogen (secondary N) is 1. The molecule has 0 unspecified atom stereocenters. The zero-order valence-corrected chi connectivity index (χ0v) is 8.30. The lowest BCUT2D eigenvalue weighted by Gasteiger charge is -2.08. The van der Waals surface area contributed by atoms with E-state index >= 15 is 0 Å². The van der Waals surface area contributed by atoms with Gasteiger partial charge in [0.1, 0.15) is 0 Å². The van der Waals surface area contributed by atoms with Crippen molar-refractivity contribution >= 4 is 27.8 Å². The lowest BCUT2D eigenvalue weighted by atomic mass is 10.2. The van der Waals surface area contributed by atoms with Gasteiger partial charge in [0.15, 0.2) is 10.3 Å². The van der Waals surface area contributed by atoms with Crippen LogP contribution in [-0.2, 0) is 10.3 Å². The summed E-state index contributed by atoms with van der Waals surface area (Å²) < 4.78 is 31.8. The molecule has 7 heteroatoms. The Labute approximate surface area is 85.6 Å². The monoisotopic (exact) mass is 234 g/mol. The molecule has 1 N–H and O–H groups in total. The highest BCUT2D eigenvalue weighted by molar-refractivity contribution is 7.84. The second kappa shape index (κ2) is 3.95. The van der Waals surface area contributed by atoms with Gasteiger partial charge in [0.05, 0.1) is 0 Å². The van der Waals surface area contributed by atoms with Gasteiger partial charge in [-0.05, 0) is 24.3 Å². The number of carbonyl (C=O) groups excluding carboxylic acids is 1. The molecule has 0 heterocycles. The van der Waals surface area contributed by atoms with Gasteiger partial charge >= 0.3 is 0 Å². The van der Waals surface area contributed by atoms with Crippen molar-refractivity contribution in [3.05, 3.63) is 34.9 Å². The summed E-state index contributed by atoms with van der Waals surface area (Å²) in [6.45, 7) is 0. The lowest BCUT2D eigenvalue weighted by molar-refractivity contribution is 0.0978. The van der Waals surface area contributed by atoms with E-state index < -0.39 is 16.2 Å². The molecule has 1 rings (SSSR count). The van der Waals surface area contributed by atoms with Gasteiger partial charge in [-0.3, -0.25) is 9.52 Å². The van der Waals surface area contributed by atoms with Crippen LogP contribution < -0.4 is 4.72 Å². The van der Waals surface area contributed by atoms with Crippen LogP contribution >= 0.6 is 11.6 Å². The first-order valence-corrected chi connectivity index (χ1v) is 5.20. The molecule has 0 saturated carbocycles. The largest absolute Gasteiger partial charge is 0.731 e. The Hall–Kier alpha value is -1.11. The summed E-state index contributed by atoms with van der Waals surface area (Å²) in [4.78, 5) is 11.0. The second-order valence-electron chi connectivity index (χ2n) is 2.39. The molecule has 0 aromatic heterocycles. The van der Waals surface area contributed by atoms with E-state index in [-0.39, 0.29) is 5.56 Å². The molecule has 0 radical (unpaired) electrons. The highest BCUT2D eigenvalue weighted by Gasteiger charge is 2.06. The van der Waals surface area contributed by atoms with Gasteiger partial charge in [-0.25, -0.2) is 8.42 Å². The predicted molar refractivity (Wildman–Crippen MR) is 48.6 cm³/mol. The fourth-order valence-electron chi connectivity index (χ4n) is 0.774. The highest BCUT2D eigenvalue weighted by atomic mass is 35.5. The Morgan fingerprint density at radius 2 is 1.79 bits per heavy atom. The molecule has 0 aliphatic carbocycles. The molecule has 0 aliphatic rings. The Bertz CT molecular complexity index is 439. The summed E-state index contributed by atoms with van der Waals surface area (Å²) in [6, 6.07) is 5.44. The first kappa shape index (κ1) is 11.0. The van der Waals surface area contributed by atoms with Crippen LogP contribution in [0, 0.1) is 0 Å². The van der Waals surface area contributed by atoms with Crippen LogP contribution in [0.1, 0.15) is 10.4 Å². The topological polar surface area (TPSA) is 86.3 Å². The highest BCUT2D eigenvalue weighted by Crippen LogP contribution is 2.09. The van der Waals surface area contributed by atoms with Crippen molar-refractivity contribution in [2.24, 2.45) is 0 Å². The molecule has 0 spiro atoms. The van der Waals surface area contributed by atoms with Crippen LogP contribution in [0.25, 0.3) is 0 Å². The van der Waals surface area contributed by atoms with Gasteiger partial charge in [-0.2, -0.15) is 0 Å². The summed E-state index contributed by atoms with van der Waals surface area (Å²) in [5.41, 5.74) is 0.0498. The van der Waals surface area contributed by atoms with E-state index in [9.17, 15) is 17.8 Å². The maximum Gasteiger partial charge on any atom is 0.263 e. The third-order valence-electron chi connectivity index (χ3n) is 1.32. The zero-order chi connectivity index (χ0) is 10.8. The van der Waals surface area contributed by atoms with Crippen molar-refractivity contribution in [3.8, 4) is 0 Å². The maximum atomic E-state index is 11.0. The van der Waals surface area contributed by atoms with Crippen molar-refractivity contribution < 1.29 is 17.8 Å². The van der Waals surface area contributed by atoms with Crippen molar-refractivity contribution in [1.29, 1.82) is 0 Å². The van der Waals surface area contributed by atoms with Gasteiger partial charge in [0.2, 0.25) is 0 Å². The molecule has 1 amide bonds. The molecule has 76 valence electrons. The van der Waals surface area contributed by atoms with E-state index in [1.54, 1.807) is 0 Å². The first-order chi connectivity index (χ1) is 6.38. The van der Waals surface area contributed by atoms with Crippen molar-refractivity contribution in [1.82, 2.24) is 4.72 Å². The fourth-order valence-corrected chi connectivity index (χ4v) is 1.24. The Balaban J connectivity index is 2.86. The number of hydrogen-bond acceptors (Lipinski definition) is 4. The third kappa shape index (κ3) is 3.33. The summed E-state index contributed by atoms with van der Waals surface area (Å²) in [6.07, 6.45) is 0. The summed E-state index contributed by atoms with van der Waals surface area (Å²) in [5, 5.41) is 0.409. The summed E-state index contributed by atoms with van der Waals surface area (Å²) >= 11 is 5.54. The van der Waals surface area contributed by atoms with Crippen LogP contribution in [0.2, 0.25) is 5.02 Å². The lowest BCUT2D eigenvalue weighted by Crippen LogP contribution is -2.29. The standard InChI is InChI=1S/C7H6ClNO4S/c8-6-3-1-5(2-4-6)7(10)9-14(11,12)13/h1-4H,(H,9,10)(H,11,12,13)/p-1. The minimum atomic E-state index is -4.76. The summed E-state index contributed by atoms with van der Waals surface area (Å²) in [5.74, 6) is -0.975. The number of amides is 1. The molecule has 0 atom stereocenters. The molecular formula is C7H5ClNO4S-. The molecule has 0 saturated heterocycles. The normalized spacial score (nSPS) is 11.0. The maximum absolute atomic E-state index is 11.0. The Kier molecular flexibility index (Phi) is 3.10. The number of hydrogen-bond donors (Lipinski definition) is 1. The number of halogens is 1. The van der Waals surface area contributed by atoms with Gasteiger partial charge in [-0.15, -0.1) is 0 Å².